The zero-order valence-corrected chi connectivity index (χ0v) is 9.88. The summed E-state index contributed by atoms with van der Waals surface area (Å²) in [4.78, 5) is 2.43. The predicted octanol–water partition coefficient (Wildman–Crippen LogP) is 2.01. The molecule has 0 spiro atoms. The average molecular weight is 259 g/mol. The molecule has 0 radical (unpaired) electrons. The van der Waals surface area contributed by atoms with Gasteiger partial charge in [-0.1, -0.05) is 0 Å². The van der Waals surface area contributed by atoms with E-state index in [9.17, 15) is 0 Å². The predicted molar refractivity (Wildman–Crippen MR) is 59.3 cm³/mol. The van der Waals surface area contributed by atoms with Gasteiger partial charge in [-0.2, -0.15) is 0 Å². The average Bonchev–Trinajstić information content (AvgIpc) is 2.65. The van der Waals surface area contributed by atoms with Crippen LogP contribution in [0.4, 0.5) is 0 Å². The molecule has 2 heterocycles. The fraction of sp³-hybridized carbons (Fsp3) is 0.600. The normalized spacial score (nSPS) is 21.0. The van der Waals surface area contributed by atoms with Gasteiger partial charge in [0.05, 0.1) is 10.5 Å². The van der Waals surface area contributed by atoms with E-state index < -0.39 is 0 Å². The summed E-state index contributed by atoms with van der Waals surface area (Å²) < 4.78 is 6.49. The molecule has 3 nitrogen and oxygen atoms in total. The van der Waals surface area contributed by atoms with Crippen LogP contribution in [0.25, 0.3) is 0 Å². The first-order valence-corrected chi connectivity index (χ1v) is 5.75. The number of hydrogen-bond acceptors (Lipinski definition) is 3. The maximum Gasteiger partial charge on any atom is 0.121 e. The van der Waals surface area contributed by atoms with E-state index in [1.807, 2.05) is 6.07 Å². The molecule has 78 valence electrons. The van der Waals surface area contributed by atoms with Crippen LogP contribution in [0.5, 0.6) is 0 Å². The SMILES string of the molecule is CC(c1cc(Br)co1)N1CCNCC1. The summed E-state index contributed by atoms with van der Waals surface area (Å²) in [5.41, 5.74) is 0. The number of rotatable bonds is 2. The number of piperazine rings is 1. The lowest BCUT2D eigenvalue weighted by Crippen LogP contribution is -2.44. The van der Waals surface area contributed by atoms with Gasteiger partial charge in [0.2, 0.25) is 0 Å². The molecular weight excluding hydrogens is 244 g/mol. The zero-order chi connectivity index (χ0) is 9.97. The van der Waals surface area contributed by atoms with Gasteiger partial charge in [-0.3, -0.25) is 4.90 Å². The first kappa shape index (κ1) is 10.2. The standard InChI is InChI=1S/C10H15BrN2O/c1-8(10-6-9(11)7-14-10)13-4-2-12-3-5-13/h6-8,12H,2-5H2,1H3. The van der Waals surface area contributed by atoms with Crippen LogP contribution in [0.3, 0.4) is 0 Å². The molecule has 14 heavy (non-hydrogen) atoms. The number of nitrogens with zero attached hydrogens (tertiary/aromatic N) is 1. The lowest BCUT2D eigenvalue weighted by Gasteiger charge is -2.31. The summed E-state index contributed by atoms with van der Waals surface area (Å²) in [5, 5.41) is 3.34. The van der Waals surface area contributed by atoms with Gasteiger partial charge in [0.1, 0.15) is 12.0 Å². The molecule has 1 aromatic rings. The van der Waals surface area contributed by atoms with E-state index in [2.05, 4.69) is 33.1 Å². The van der Waals surface area contributed by atoms with Crippen LogP contribution < -0.4 is 5.32 Å². The van der Waals surface area contributed by atoms with Gasteiger partial charge in [0, 0.05) is 26.2 Å². The monoisotopic (exact) mass is 258 g/mol. The second-order valence-corrected chi connectivity index (χ2v) is 4.54. The highest BCUT2D eigenvalue weighted by Crippen LogP contribution is 2.24. The first-order valence-electron chi connectivity index (χ1n) is 4.96. The van der Waals surface area contributed by atoms with Crippen molar-refractivity contribution in [3.05, 3.63) is 22.6 Å². The number of nitrogens with one attached hydrogen (secondary N) is 1. The molecule has 1 aromatic heterocycles. The maximum atomic E-state index is 5.47. The third-order valence-electron chi connectivity index (χ3n) is 2.70. The first-order chi connectivity index (χ1) is 6.77. The van der Waals surface area contributed by atoms with E-state index in [0.29, 0.717) is 6.04 Å². The highest BCUT2D eigenvalue weighted by Gasteiger charge is 2.20. The Kier molecular flexibility index (Phi) is 3.26. The zero-order valence-electron chi connectivity index (χ0n) is 8.29. The Labute approximate surface area is 92.6 Å². The molecule has 0 saturated carbocycles. The van der Waals surface area contributed by atoms with E-state index in [1.165, 1.54) is 0 Å². The fourth-order valence-corrected chi connectivity index (χ4v) is 2.12. The van der Waals surface area contributed by atoms with Crippen molar-refractivity contribution in [1.29, 1.82) is 0 Å². The van der Waals surface area contributed by atoms with Crippen LogP contribution in [0, 0.1) is 0 Å². The molecule has 1 unspecified atom stereocenters. The van der Waals surface area contributed by atoms with Gasteiger partial charge < -0.3 is 9.73 Å². The topological polar surface area (TPSA) is 28.4 Å². The Morgan fingerprint density at radius 1 is 1.50 bits per heavy atom. The van der Waals surface area contributed by atoms with Crippen LogP contribution in [-0.4, -0.2) is 31.1 Å². The molecule has 1 N–H and O–H groups in total. The largest absolute Gasteiger partial charge is 0.466 e. The molecule has 1 fully saturated rings. The molecule has 1 atom stereocenters. The van der Waals surface area contributed by atoms with Crippen molar-refractivity contribution >= 4 is 15.9 Å². The van der Waals surface area contributed by atoms with E-state index >= 15 is 0 Å². The second kappa shape index (κ2) is 4.47. The molecule has 0 bridgehead atoms. The highest BCUT2D eigenvalue weighted by molar-refractivity contribution is 9.10. The molecule has 2 rings (SSSR count). The fourth-order valence-electron chi connectivity index (χ4n) is 1.80. The summed E-state index contributed by atoms with van der Waals surface area (Å²) in [7, 11) is 0. The Morgan fingerprint density at radius 3 is 2.79 bits per heavy atom. The number of hydrogen-bond donors (Lipinski definition) is 1. The third kappa shape index (κ3) is 2.19. The maximum absolute atomic E-state index is 5.47. The van der Waals surface area contributed by atoms with Crippen molar-refractivity contribution in [2.45, 2.75) is 13.0 Å². The minimum atomic E-state index is 0.378. The van der Waals surface area contributed by atoms with Crippen LogP contribution >= 0.6 is 15.9 Å². The lowest BCUT2D eigenvalue weighted by atomic mass is 10.2. The third-order valence-corrected chi connectivity index (χ3v) is 3.11. The highest BCUT2D eigenvalue weighted by atomic mass is 79.9. The minimum Gasteiger partial charge on any atom is -0.466 e. The van der Waals surface area contributed by atoms with Gasteiger partial charge in [-0.05, 0) is 28.9 Å². The van der Waals surface area contributed by atoms with Crippen LogP contribution in [0.15, 0.2) is 21.2 Å². The van der Waals surface area contributed by atoms with Crippen LogP contribution in [-0.2, 0) is 0 Å². The van der Waals surface area contributed by atoms with Crippen LogP contribution in [0.2, 0.25) is 0 Å². The second-order valence-electron chi connectivity index (χ2n) is 3.63. The summed E-state index contributed by atoms with van der Waals surface area (Å²) in [6.07, 6.45) is 1.74. The van der Waals surface area contributed by atoms with Gasteiger partial charge in [0.25, 0.3) is 0 Å². The van der Waals surface area contributed by atoms with E-state index in [-0.39, 0.29) is 0 Å². The van der Waals surface area contributed by atoms with Crippen molar-refractivity contribution in [1.82, 2.24) is 10.2 Å². The van der Waals surface area contributed by atoms with Gasteiger partial charge in [-0.15, -0.1) is 0 Å². The summed E-state index contributed by atoms with van der Waals surface area (Å²) >= 11 is 3.40. The Morgan fingerprint density at radius 2 is 2.21 bits per heavy atom. The minimum absolute atomic E-state index is 0.378. The Bertz CT molecular complexity index is 294. The molecule has 4 heteroatoms. The Hall–Kier alpha value is -0.320. The molecular formula is C10H15BrN2O. The lowest BCUT2D eigenvalue weighted by molar-refractivity contribution is 0.167. The van der Waals surface area contributed by atoms with Crippen molar-refractivity contribution in [3.63, 3.8) is 0 Å². The van der Waals surface area contributed by atoms with E-state index in [0.717, 1.165) is 36.4 Å². The van der Waals surface area contributed by atoms with E-state index in [4.69, 9.17) is 4.42 Å². The Balaban J connectivity index is 2.03. The summed E-state index contributed by atoms with van der Waals surface area (Å²) in [6, 6.07) is 2.43. The van der Waals surface area contributed by atoms with Crippen molar-refractivity contribution in [2.75, 3.05) is 26.2 Å². The summed E-state index contributed by atoms with van der Waals surface area (Å²) in [5.74, 6) is 1.04. The quantitative estimate of drug-likeness (QED) is 0.880. The molecule has 0 aromatic carbocycles. The molecule has 1 aliphatic heterocycles. The van der Waals surface area contributed by atoms with Gasteiger partial charge >= 0.3 is 0 Å². The van der Waals surface area contributed by atoms with Gasteiger partial charge in [-0.25, -0.2) is 0 Å². The molecule has 0 amide bonds. The molecule has 1 aliphatic rings. The van der Waals surface area contributed by atoms with Gasteiger partial charge in [0.15, 0.2) is 0 Å². The molecule has 1 saturated heterocycles. The molecule has 0 aliphatic carbocycles. The van der Waals surface area contributed by atoms with E-state index in [1.54, 1.807) is 6.26 Å². The smallest absolute Gasteiger partial charge is 0.121 e. The van der Waals surface area contributed by atoms with Crippen molar-refractivity contribution in [3.8, 4) is 0 Å². The van der Waals surface area contributed by atoms with Crippen molar-refractivity contribution < 1.29 is 4.42 Å². The summed E-state index contributed by atoms with van der Waals surface area (Å²) in [6.45, 7) is 6.54. The number of furan rings is 1. The van der Waals surface area contributed by atoms with Crippen LogP contribution in [0.1, 0.15) is 18.7 Å². The van der Waals surface area contributed by atoms with Crippen molar-refractivity contribution in [2.24, 2.45) is 0 Å². The number of halogens is 1.